The third kappa shape index (κ3) is 1.99. The molecule has 1 aromatic rings. The van der Waals surface area contributed by atoms with Crippen molar-refractivity contribution in [3.8, 4) is 0 Å². The van der Waals surface area contributed by atoms with Crippen LogP contribution in [0.1, 0.15) is 35.0 Å². The summed E-state index contributed by atoms with van der Waals surface area (Å²) in [6.45, 7) is 2.93. The Bertz CT molecular complexity index is 375. The Balaban J connectivity index is 2.18. The SMILES string of the molecule is CCc1ccsc1C(=O)N1CCC[C@@H]1CO. The Morgan fingerprint density at radius 1 is 1.69 bits per heavy atom. The standard InChI is InChI=1S/C12H17NO2S/c1-2-9-5-7-16-11(9)12(15)13-6-3-4-10(13)8-14/h5,7,10,14H,2-4,6,8H2,1H3/t10-/m1/s1. The number of thiophene rings is 1. The van der Waals surface area contributed by atoms with E-state index in [0.29, 0.717) is 0 Å². The number of hydrogen-bond donors (Lipinski definition) is 1. The van der Waals surface area contributed by atoms with E-state index in [1.54, 1.807) is 0 Å². The van der Waals surface area contributed by atoms with Crippen molar-refractivity contribution in [3.63, 3.8) is 0 Å². The van der Waals surface area contributed by atoms with E-state index in [0.717, 1.165) is 36.2 Å². The zero-order chi connectivity index (χ0) is 11.5. The van der Waals surface area contributed by atoms with E-state index in [2.05, 4.69) is 6.92 Å². The van der Waals surface area contributed by atoms with Gasteiger partial charge in [0.2, 0.25) is 0 Å². The highest BCUT2D eigenvalue weighted by atomic mass is 32.1. The van der Waals surface area contributed by atoms with Crippen molar-refractivity contribution in [1.82, 2.24) is 4.90 Å². The van der Waals surface area contributed by atoms with Crippen LogP contribution in [0.3, 0.4) is 0 Å². The molecule has 1 aromatic heterocycles. The Labute approximate surface area is 99.7 Å². The molecule has 0 aromatic carbocycles. The fourth-order valence-corrected chi connectivity index (χ4v) is 3.18. The molecule has 0 radical (unpaired) electrons. The molecule has 2 rings (SSSR count). The van der Waals surface area contributed by atoms with Gasteiger partial charge in [-0.05, 0) is 36.3 Å². The van der Waals surface area contributed by atoms with Gasteiger partial charge in [0.05, 0.1) is 17.5 Å². The van der Waals surface area contributed by atoms with E-state index < -0.39 is 0 Å². The number of aliphatic hydroxyl groups is 1. The first kappa shape index (κ1) is 11.6. The second-order valence-electron chi connectivity index (χ2n) is 4.11. The molecule has 1 N–H and O–H groups in total. The van der Waals surface area contributed by atoms with E-state index >= 15 is 0 Å². The van der Waals surface area contributed by atoms with E-state index in [1.165, 1.54) is 11.3 Å². The van der Waals surface area contributed by atoms with Crippen molar-refractivity contribution < 1.29 is 9.90 Å². The van der Waals surface area contributed by atoms with Crippen LogP contribution in [-0.2, 0) is 6.42 Å². The predicted molar refractivity (Wildman–Crippen MR) is 64.8 cm³/mol. The molecule has 4 heteroatoms. The van der Waals surface area contributed by atoms with E-state index in [1.807, 2.05) is 16.3 Å². The summed E-state index contributed by atoms with van der Waals surface area (Å²) in [7, 11) is 0. The number of carbonyl (C=O) groups is 1. The molecule has 0 unspecified atom stereocenters. The molecule has 1 saturated heterocycles. The summed E-state index contributed by atoms with van der Waals surface area (Å²) >= 11 is 1.51. The Morgan fingerprint density at radius 3 is 3.19 bits per heavy atom. The first-order valence-corrected chi connectivity index (χ1v) is 6.64. The molecule has 0 aliphatic carbocycles. The summed E-state index contributed by atoms with van der Waals surface area (Å²) in [5.41, 5.74) is 1.12. The molecular formula is C12H17NO2S. The van der Waals surface area contributed by atoms with Crippen LogP contribution in [0.2, 0.25) is 0 Å². The minimum absolute atomic E-state index is 0.0271. The molecule has 0 saturated carbocycles. The fourth-order valence-electron chi connectivity index (χ4n) is 2.23. The number of rotatable bonds is 3. The topological polar surface area (TPSA) is 40.5 Å². The lowest BCUT2D eigenvalue weighted by molar-refractivity contribution is 0.0681. The third-order valence-electron chi connectivity index (χ3n) is 3.17. The molecule has 1 aliphatic rings. The predicted octanol–water partition coefficient (Wildman–Crippen LogP) is 1.91. The largest absolute Gasteiger partial charge is 0.394 e. The third-order valence-corrected chi connectivity index (χ3v) is 4.12. The van der Waals surface area contributed by atoms with Gasteiger partial charge in [-0.25, -0.2) is 0 Å². The van der Waals surface area contributed by atoms with Crippen molar-refractivity contribution in [3.05, 3.63) is 21.9 Å². The molecular weight excluding hydrogens is 222 g/mol. The molecule has 16 heavy (non-hydrogen) atoms. The lowest BCUT2D eigenvalue weighted by Crippen LogP contribution is -2.37. The van der Waals surface area contributed by atoms with Crippen LogP contribution in [0.4, 0.5) is 0 Å². The Morgan fingerprint density at radius 2 is 2.50 bits per heavy atom. The molecule has 1 aliphatic heterocycles. The molecule has 1 amide bonds. The van der Waals surface area contributed by atoms with Crippen molar-refractivity contribution in [2.75, 3.05) is 13.2 Å². The van der Waals surface area contributed by atoms with Gasteiger partial charge in [-0.2, -0.15) is 0 Å². The fraction of sp³-hybridized carbons (Fsp3) is 0.583. The molecule has 0 bridgehead atoms. The number of nitrogens with zero attached hydrogens (tertiary/aromatic N) is 1. The summed E-state index contributed by atoms with van der Waals surface area (Å²) in [6.07, 6.45) is 2.82. The van der Waals surface area contributed by atoms with Crippen LogP contribution >= 0.6 is 11.3 Å². The summed E-state index contributed by atoms with van der Waals surface area (Å²) < 4.78 is 0. The highest BCUT2D eigenvalue weighted by molar-refractivity contribution is 7.12. The van der Waals surface area contributed by atoms with Crippen molar-refractivity contribution in [2.45, 2.75) is 32.2 Å². The lowest BCUT2D eigenvalue weighted by Gasteiger charge is -2.22. The minimum atomic E-state index is 0.0271. The van der Waals surface area contributed by atoms with Crippen LogP contribution in [0, 0.1) is 0 Å². The summed E-state index contributed by atoms with van der Waals surface area (Å²) in [6, 6.07) is 2.04. The summed E-state index contributed by atoms with van der Waals surface area (Å²) in [5.74, 6) is 0.100. The quantitative estimate of drug-likeness (QED) is 0.875. The van der Waals surface area contributed by atoms with E-state index in [9.17, 15) is 9.90 Å². The number of likely N-dealkylation sites (tertiary alicyclic amines) is 1. The molecule has 2 heterocycles. The number of aliphatic hydroxyl groups excluding tert-OH is 1. The average Bonchev–Trinajstić information content (AvgIpc) is 2.96. The van der Waals surface area contributed by atoms with Crippen LogP contribution in [-0.4, -0.2) is 35.1 Å². The van der Waals surface area contributed by atoms with Gasteiger partial charge in [0.25, 0.3) is 5.91 Å². The Hall–Kier alpha value is -0.870. The van der Waals surface area contributed by atoms with Gasteiger partial charge < -0.3 is 10.0 Å². The van der Waals surface area contributed by atoms with Crippen LogP contribution in [0.25, 0.3) is 0 Å². The molecule has 1 fully saturated rings. The number of aryl methyl sites for hydroxylation is 1. The lowest BCUT2D eigenvalue weighted by atomic mass is 10.2. The highest BCUT2D eigenvalue weighted by Gasteiger charge is 2.30. The van der Waals surface area contributed by atoms with Gasteiger partial charge >= 0.3 is 0 Å². The maximum absolute atomic E-state index is 12.3. The van der Waals surface area contributed by atoms with Crippen LogP contribution in [0.15, 0.2) is 11.4 Å². The second-order valence-corrected chi connectivity index (χ2v) is 5.02. The maximum atomic E-state index is 12.3. The van der Waals surface area contributed by atoms with E-state index in [4.69, 9.17) is 0 Å². The van der Waals surface area contributed by atoms with Crippen molar-refractivity contribution >= 4 is 17.2 Å². The van der Waals surface area contributed by atoms with Crippen molar-refractivity contribution in [2.24, 2.45) is 0 Å². The normalized spacial score (nSPS) is 20.4. The smallest absolute Gasteiger partial charge is 0.264 e. The minimum Gasteiger partial charge on any atom is -0.394 e. The molecule has 3 nitrogen and oxygen atoms in total. The molecule has 1 atom stereocenters. The van der Waals surface area contributed by atoms with Gasteiger partial charge in [0.1, 0.15) is 0 Å². The number of carbonyl (C=O) groups excluding carboxylic acids is 1. The Kier molecular flexibility index (Phi) is 3.61. The number of amides is 1. The number of hydrogen-bond acceptors (Lipinski definition) is 3. The molecule has 0 spiro atoms. The van der Waals surface area contributed by atoms with E-state index in [-0.39, 0.29) is 18.6 Å². The summed E-state index contributed by atoms with van der Waals surface area (Å²) in [5, 5.41) is 11.2. The molecule has 88 valence electrons. The monoisotopic (exact) mass is 239 g/mol. The maximum Gasteiger partial charge on any atom is 0.264 e. The average molecular weight is 239 g/mol. The van der Waals surface area contributed by atoms with Gasteiger partial charge in [-0.15, -0.1) is 11.3 Å². The van der Waals surface area contributed by atoms with Crippen LogP contribution < -0.4 is 0 Å². The summed E-state index contributed by atoms with van der Waals surface area (Å²) in [4.78, 5) is 15.0. The zero-order valence-corrected chi connectivity index (χ0v) is 10.3. The zero-order valence-electron chi connectivity index (χ0n) is 9.48. The van der Waals surface area contributed by atoms with Crippen LogP contribution in [0.5, 0.6) is 0 Å². The van der Waals surface area contributed by atoms with Crippen molar-refractivity contribution in [1.29, 1.82) is 0 Å². The first-order valence-electron chi connectivity index (χ1n) is 5.76. The van der Waals surface area contributed by atoms with Gasteiger partial charge in [-0.3, -0.25) is 4.79 Å². The van der Waals surface area contributed by atoms with Gasteiger partial charge in [0, 0.05) is 6.54 Å². The van der Waals surface area contributed by atoms with Gasteiger partial charge in [-0.1, -0.05) is 6.92 Å². The second kappa shape index (κ2) is 4.97. The van der Waals surface area contributed by atoms with Gasteiger partial charge in [0.15, 0.2) is 0 Å². The first-order chi connectivity index (χ1) is 7.77. The highest BCUT2D eigenvalue weighted by Crippen LogP contribution is 2.24.